The van der Waals surface area contributed by atoms with Gasteiger partial charge in [-0.25, -0.2) is 0 Å². The largest absolute Gasteiger partial charge is 0.497 e. The molecular weight excluding hydrogens is 292 g/mol. The van der Waals surface area contributed by atoms with Gasteiger partial charge in [0.1, 0.15) is 18.1 Å². The predicted molar refractivity (Wildman–Crippen MR) is 91.0 cm³/mol. The maximum atomic E-state index is 12.1. The van der Waals surface area contributed by atoms with Gasteiger partial charge < -0.3 is 19.7 Å². The number of benzene rings is 1. The predicted octanol–water partition coefficient (Wildman–Crippen LogP) is 2.31. The highest BCUT2D eigenvalue weighted by Gasteiger charge is 2.20. The number of amides is 1. The average molecular weight is 320 g/mol. The van der Waals surface area contributed by atoms with Crippen LogP contribution in [0.15, 0.2) is 24.3 Å². The number of ether oxygens (including phenoxy) is 2. The lowest BCUT2D eigenvalue weighted by molar-refractivity contribution is -0.132. The number of piperidine rings is 1. The standard InChI is InChI=1S/C18H28N2O3/c1-15-4-3-12-20(14-15)18(21)9-10-19-11-13-23-17-7-5-16(22-2)6-8-17/h5-8,15,19H,3-4,9-14H2,1-2H3. The zero-order chi connectivity index (χ0) is 16.5. The third-order valence-corrected chi connectivity index (χ3v) is 4.13. The minimum absolute atomic E-state index is 0.264. The fraction of sp³-hybridized carbons (Fsp3) is 0.611. The summed E-state index contributed by atoms with van der Waals surface area (Å²) in [6.45, 7) is 6.07. The van der Waals surface area contributed by atoms with Crippen LogP contribution in [0.25, 0.3) is 0 Å². The van der Waals surface area contributed by atoms with Crippen LogP contribution in [0.3, 0.4) is 0 Å². The number of hydrogen-bond donors (Lipinski definition) is 1. The molecule has 1 heterocycles. The summed E-state index contributed by atoms with van der Waals surface area (Å²) in [7, 11) is 1.64. The average Bonchev–Trinajstić information content (AvgIpc) is 2.58. The van der Waals surface area contributed by atoms with Gasteiger partial charge in [-0.3, -0.25) is 4.79 Å². The van der Waals surface area contributed by atoms with Gasteiger partial charge >= 0.3 is 0 Å². The molecule has 1 unspecified atom stereocenters. The highest BCUT2D eigenvalue weighted by atomic mass is 16.5. The lowest BCUT2D eigenvalue weighted by Gasteiger charge is -2.31. The van der Waals surface area contributed by atoms with E-state index in [2.05, 4.69) is 12.2 Å². The lowest BCUT2D eigenvalue weighted by atomic mass is 10.00. The summed E-state index contributed by atoms with van der Waals surface area (Å²) < 4.78 is 10.7. The smallest absolute Gasteiger partial charge is 0.223 e. The van der Waals surface area contributed by atoms with E-state index < -0.39 is 0 Å². The molecule has 2 rings (SSSR count). The van der Waals surface area contributed by atoms with Crippen molar-refractivity contribution in [1.29, 1.82) is 0 Å². The van der Waals surface area contributed by atoms with Crippen molar-refractivity contribution in [3.63, 3.8) is 0 Å². The SMILES string of the molecule is COc1ccc(OCCNCCC(=O)N2CCCC(C)C2)cc1. The molecule has 1 amide bonds. The Kier molecular flexibility index (Phi) is 7.20. The van der Waals surface area contributed by atoms with Crippen LogP contribution in [-0.4, -0.2) is 50.7 Å². The third-order valence-electron chi connectivity index (χ3n) is 4.13. The molecule has 1 aromatic carbocycles. The molecule has 1 aliphatic heterocycles. The van der Waals surface area contributed by atoms with Crippen LogP contribution in [0.1, 0.15) is 26.2 Å². The quantitative estimate of drug-likeness (QED) is 0.747. The van der Waals surface area contributed by atoms with E-state index in [0.29, 0.717) is 25.5 Å². The first-order valence-corrected chi connectivity index (χ1v) is 8.44. The minimum Gasteiger partial charge on any atom is -0.497 e. The van der Waals surface area contributed by atoms with Gasteiger partial charge in [0.25, 0.3) is 0 Å². The molecule has 0 bridgehead atoms. The molecule has 1 aromatic rings. The van der Waals surface area contributed by atoms with E-state index in [0.717, 1.165) is 37.6 Å². The summed E-state index contributed by atoms with van der Waals surface area (Å²) in [4.78, 5) is 14.1. The van der Waals surface area contributed by atoms with Crippen molar-refractivity contribution in [1.82, 2.24) is 10.2 Å². The zero-order valence-corrected chi connectivity index (χ0v) is 14.2. The van der Waals surface area contributed by atoms with Crippen LogP contribution < -0.4 is 14.8 Å². The number of likely N-dealkylation sites (tertiary alicyclic amines) is 1. The zero-order valence-electron chi connectivity index (χ0n) is 14.2. The summed E-state index contributed by atoms with van der Waals surface area (Å²) in [6, 6.07) is 7.53. The Morgan fingerprint density at radius 2 is 2.00 bits per heavy atom. The van der Waals surface area contributed by atoms with Crippen LogP contribution in [0, 0.1) is 5.92 Å². The number of carbonyl (C=O) groups excluding carboxylic acids is 1. The highest BCUT2D eigenvalue weighted by Crippen LogP contribution is 2.17. The fourth-order valence-corrected chi connectivity index (χ4v) is 2.81. The van der Waals surface area contributed by atoms with E-state index in [1.54, 1.807) is 7.11 Å². The maximum Gasteiger partial charge on any atom is 0.223 e. The summed E-state index contributed by atoms with van der Waals surface area (Å²) in [5.74, 6) is 2.55. The summed E-state index contributed by atoms with van der Waals surface area (Å²) in [6.07, 6.45) is 2.94. The number of rotatable bonds is 8. The van der Waals surface area contributed by atoms with Crippen molar-refractivity contribution in [2.45, 2.75) is 26.2 Å². The Bertz CT molecular complexity index is 476. The second kappa shape index (κ2) is 9.40. The van der Waals surface area contributed by atoms with Gasteiger partial charge in [0.15, 0.2) is 0 Å². The van der Waals surface area contributed by atoms with Crippen LogP contribution in [-0.2, 0) is 4.79 Å². The molecule has 1 atom stereocenters. The molecule has 0 aliphatic carbocycles. The van der Waals surface area contributed by atoms with Crippen molar-refractivity contribution in [2.75, 3.05) is 39.9 Å². The van der Waals surface area contributed by atoms with Crippen LogP contribution in [0.4, 0.5) is 0 Å². The first-order valence-electron chi connectivity index (χ1n) is 8.44. The van der Waals surface area contributed by atoms with Crippen molar-refractivity contribution in [2.24, 2.45) is 5.92 Å². The number of carbonyl (C=O) groups is 1. The summed E-state index contributed by atoms with van der Waals surface area (Å²) in [5.41, 5.74) is 0. The third kappa shape index (κ3) is 6.10. The Hall–Kier alpha value is -1.75. The monoisotopic (exact) mass is 320 g/mol. The second-order valence-corrected chi connectivity index (χ2v) is 6.11. The second-order valence-electron chi connectivity index (χ2n) is 6.11. The Balaban J connectivity index is 1.54. The molecule has 0 aromatic heterocycles. The maximum absolute atomic E-state index is 12.1. The van der Waals surface area contributed by atoms with Crippen LogP contribution in [0.5, 0.6) is 11.5 Å². The number of nitrogens with zero attached hydrogens (tertiary/aromatic N) is 1. The van der Waals surface area contributed by atoms with E-state index in [1.165, 1.54) is 6.42 Å². The van der Waals surface area contributed by atoms with E-state index in [4.69, 9.17) is 9.47 Å². The summed E-state index contributed by atoms with van der Waals surface area (Å²) >= 11 is 0. The first kappa shape index (κ1) is 17.6. The normalized spacial score (nSPS) is 17.8. The molecule has 23 heavy (non-hydrogen) atoms. The van der Waals surface area contributed by atoms with Crippen molar-refractivity contribution >= 4 is 5.91 Å². The van der Waals surface area contributed by atoms with Gasteiger partial charge in [0.05, 0.1) is 7.11 Å². The molecule has 128 valence electrons. The van der Waals surface area contributed by atoms with Crippen LogP contribution in [0.2, 0.25) is 0 Å². The molecular formula is C18H28N2O3. The van der Waals surface area contributed by atoms with E-state index >= 15 is 0 Å². The lowest BCUT2D eigenvalue weighted by Crippen LogP contribution is -2.40. The topological polar surface area (TPSA) is 50.8 Å². The van der Waals surface area contributed by atoms with Gasteiger partial charge in [0.2, 0.25) is 5.91 Å². The van der Waals surface area contributed by atoms with Crippen molar-refractivity contribution < 1.29 is 14.3 Å². The number of nitrogens with one attached hydrogen (secondary N) is 1. The molecule has 1 N–H and O–H groups in total. The van der Waals surface area contributed by atoms with Gasteiger partial charge in [-0.05, 0) is 43.0 Å². The molecule has 0 radical (unpaired) electrons. The molecule has 1 saturated heterocycles. The van der Waals surface area contributed by atoms with Gasteiger partial charge in [-0.2, -0.15) is 0 Å². The van der Waals surface area contributed by atoms with E-state index in [9.17, 15) is 4.79 Å². The van der Waals surface area contributed by atoms with Gasteiger partial charge in [-0.1, -0.05) is 6.92 Å². The molecule has 1 fully saturated rings. The first-order chi connectivity index (χ1) is 11.2. The Labute approximate surface area is 139 Å². The van der Waals surface area contributed by atoms with Gasteiger partial charge in [-0.15, -0.1) is 0 Å². The summed E-state index contributed by atoms with van der Waals surface area (Å²) in [5, 5.41) is 3.26. The molecule has 0 spiro atoms. The molecule has 1 aliphatic rings. The molecule has 5 nitrogen and oxygen atoms in total. The Morgan fingerprint density at radius 3 is 2.70 bits per heavy atom. The molecule has 5 heteroatoms. The van der Waals surface area contributed by atoms with E-state index in [-0.39, 0.29) is 5.91 Å². The van der Waals surface area contributed by atoms with E-state index in [1.807, 2.05) is 29.2 Å². The number of hydrogen-bond acceptors (Lipinski definition) is 4. The van der Waals surface area contributed by atoms with Crippen molar-refractivity contribution in [3.05, 3.63) is 24.3 Å². The van der Waals surface area contributed by atoms with Gasteiger partial charge in [0, 0.05) is 32.6 Å². The van der Waals surface area contributed by atoms with Crippen molar-refractivity contribution in [3.8, 4) is 11.5 Å². The minimum atomic E-state index is 0.264. The molecule has 0 saturated carbocycles. The fourth-order valence-electron chi connectivity index (χ4n) is 2.81. The van der Waals surface area contributed by atoms with Crippen LogP contribution >= 0.6 is 0 Å². The Morgan fingerprint density at radius 1 is 1.26 bits per heavy atom. The number of methoxy groups -OCH3 is 1. The highest BCUT2D eigenvalue weighted by molar-refractivity contribution is 5.76.